The summed E-state index contributed by atoms with van der Waals surface area (Å²) < 4.78 is 1.09. The summed E-state index contributed by atoms with van der Waals surface area (Å²) >= 11 is 7.38. The third kappa shape index (κ3) is 2.84. The number of halogens is 1. The van der Waals surface area contributed by atoms with Gasteiger partial charge in [-0.05, 0) is 42.8 Å². The number of carboxylic acids is 1. The van der Waals surface area contributed by atoms with Crippen molar-refractivity contribution in [3.8, 4) is 0 Å². The number of benzene rings is 2. The lowest BCUT2D eigenvalue weighted by molar-refractivity contribution is 0.0697. The lowest BCUT2D eigenvalue weighted by Gasteiger charge is -2.05. The van der Waals surface area contributed by atoms with Crippen molar-refractivity contribution in [2.24, 2.45) is 0 Å². The predicted octanol–water partition coefficient (Wildman–Crippen LogP) is 4.70. The quantitative estimate of drug-likeness (QED) is 0.734. The van der Waals surface area contributed by atoms with E-state index in [1.54, 1.807) is 12.1 Å². The second-order valence-corrected chi connectivity index (χ2v) is 6.05. The molecule has 0 fully saturated rings. The fourth-order valence-corrected chi connectivity index (χ4v) is 3.16. The normalized spacial score (nSPS) is 10.8. The van der Waals surface area contributed by atoms with Crippen molar-refractivity contribution in [2.45, 2.75) is 6.92 Å². The minimum Gasteiger partial charge on any atom is -0.478 e. The van der Waals surface area contributed by atoms with Crippen LogP contribution in [0.4, 0.5) is 10.8 Å². The molecule has 0 saturated heterocycles. The third-order valence-electron chi connectivity index (χ3n) is 2.99. The molecule has 0 amide bonds. The van der Waals surface area contributed by atoms with Crippen LogP contribution in [-0.4, -0.2) is 16.1 Å². The molecule has 0 aliphatic carbocycles. The fourth-order valence-electron chi connectivity index (χ4n) is 1.98. The molecule has 0 aliphatic heterocycles. The standard InChI is InChI=1S/C15H11ClN2O2S/c1-8-2-5-12-13(6-8)21-15(18-12)17-9-3-4-11(16)10(7-9)14(19)20/h2-7H,1H3,(H,17,18)(H,19,20). The first-order valence-electron chi connectivity index (χ1n) is 6.20. The number of nitrogens with zero attached hydrogens (tertiary/aromatic N) is 1. The first kappa shape index (κ1) is 13.9. The summed E-state index contributed by atoms with van der Waals surface area (Å²) in [4.78, 5) is 15.6. The Balaban J connectivity index is 1.94. The van der Waals surface area contributed by atoms with Crippen LogP contribution < -0.4 is 5.32 Å². The van der Waals surface area contributed by atoms with E-state index in [0.29, 0.717) is 10.8 Å². The van der Waals surface area contributed by atoms with Gasteiger partial charge < -0.3 is 10.4 Å². The molecule has 3 aromatic rings. The Morgan fingerprint density at radius 2 is 2.10 bits per heavy atom. The van der Waals surface area contributed by atoms with E-state index in [2.05, 4.69) is 16.4 Å². The van der Waals surface area contributed by atoms with Crippen LogP contribution in [0.25, 0.3) is 10.2 Å². The first-order valence-corrected chi connectivity index (χ1v) is 7.39. The molecule has 3 rings (SSSR count). The molecule has 1 heterocycles. The van der Waals surface area contributed by atoms with Gasteiger partial charge in [0, 0.05) is 5.69 Å². The molecule has 6 heteroatoms. The summed E-state index contributed by atoms with van der Waals surface area (Å²) in [5, 5.41) is 13.1. The van der Waals surface area contributed by atoms with Crippen molar-refractivity contribution in [3.63, 3.8) is 0 Å². The molecule has 2 aromatic carbocycles. The molecular formula is C15H11ClN2O2S. The second kappa shape index (κ2) is 5.35. The number of nitrogens with one attached hydrogen (secondary N) is 1. The van der Waals surface area contributed by atoms with Gasteiger partial charge in [-0.15, -0.1) is 0 Å². The zero-order valence-corrected chi connectivity index (χ0v) is 12.6. The van der Waals surface area contributed by atoms with Gasteiger partial charge in [0.05, 0.1) is 20.8 Å². The van der Waals surface area contributed by atoms with Gasteiger partial charge >= 0.3 is 5.97 Å². The van der Waals surface area contributed by atoms with Gasteiger partial charge in [0.1, 0.15) is 0 Å². The zero-order chi connectivity index (χ0) is 15.0. The minimum absolute atomic E-state index is 0.0682. The number of fused-ring (bicyclic) bond motifs is 1. The molecule has 0 unspecified atom stereocenters. The Morgan fingerprint density at radius 1 is 1.29 bits per heavy atom. The molecular weight excluding hydrogens is 308 g/mol. The van der Waals surface area contributed by atoms with Crippen LogP contribution in [0.2, 0.25) is 5.02 Å². The average Bonchev–Trinajstić information content (AvgIpc) is 2.82. The molecule has 0 spiro atoms. The fraction of sp³-hybridized carbons (Fsp3) is 0.0667. The average molecular weight is 319 g/mol. The van der Waals surface area contributed by atoms with Crippen LogP contribution in [-0.2, 0) is 0 Å². The van der Waals surface area contributed by atoms with E-state index in [1.165, 1.54) is 23.0 Å². The number of hydrogen-bond donors (Lipinski definition) is 2. The molecule has 21 heavy (non-hydrogen) atoms. The molecule has 0 radical (unpaired) electrons. The maximum absolute atomic E-state index is 11.1. The molecule has 0 aliphatic rings. The topological polar surface area (TPSA) is 62.2 Å². The van der Waals surface area contributed by atoms with Crippen LogP contribution in [0.15, 0.2) is 36.4 Å². The van der Waals surface area contributed by atoms with E-state index in [-0.39, 0.29) is 10.6 Å². The van der Waals surface area contributed by atoms with E-state index in [0.717, 1.165) is 10.2 Å². The SMILES string of the molecule is Cc1ccc2nc(Nc3ccc(Cl)c(C(=O)O)c3)sc2c1. The highest BCUT2D eigenvalue weighted by Gasteiger charge is 2.10. The summed E-state index contributed by atoms with van der Waals surface area (Å²) in [7, 11) is 0. The van der Waals surface area contributed by atoms with E-state index in [1.807, 2.05) is 19.1 Å². The summed E-state index contributed by atoms with van der Waals surface area (Å²) in [6.45, 7) is 2.03. The van der Waals surface area contributed by atoms with Crippen LogP contribution >= 0.6 is 22.9 Å². The van der Waals surface area contributed by atoms with Crippen molar-refractivity contribution >= 4 is 49.9 Å². The summed E-state index contributed by atoms with van der Waals surface area (Å²) in [5.41, 5.74) is 2.81. The van der Waals surface area contributed by atoms with Gasteiger partial charge in [-0.3, -0.25) is 0 Å². The molecule has 1 aromatic heterocycles. The summed E-state index contributed by atoms with van der Waals surface area (Å²) in [6, 6.07) is 10.8. The molecule has 2 N–H and O–H groups in total. The summed E-state index contributed by atoms with van der Waals surface area (Å²) in [5.74, 6) is -1.05. The largest absolute Gasteiger partial charge is 0.478 e. The lowest BCUT2D eigenvalue weighted by Crippen LogP contribution is -1.99. The lowest BCUT2D eigenvalue weighted by atomic mass is 10.2. The van der Waals surface area contributed by atoms with Crippen LogP contribution in [0.3, 0.4) is 0 Å². The highest BCUT2D eigenvalue weighted by molar-refractivity contribution is 7.22. The number of hydrogen-bond acceptors (Lipinski definition) is 4. The van der Waals surface area contributed by atoms with E-state index in [4.69, 9.17) is 16.7 Å². The number of thiazole rings is 1. The van der Waals surface area contributed by atoms with Crippen molar-refractivity contribution in [3.05, 3.63) is 52.5 Å². The van der Waals surface area contributed by atoms with Gasteiger partial charge in [-0.2, -0.15) is 0 Å². The molecule has 4 nitrogen and oxygen atoms in total. The molecule has 0 bridgehead atoms. The Hall–Kier alpha value is -2.11. The molecule has 0 atom stereocenters. The third-order valence-corrected chi connectivity index (χ3v) is 4.26. The number of carboxylic acid groups (broad SMARTS) is 1. The van der Waals surface area contributed by atoms with Crippen molar-refractivity contribution in [1.82, 2.24) is 4.98 Å². The highest BCUT2D eigenvalue weighted by atomic mass is 35.5. The van der Waals surface area contributed by atoms with Crippen molar-refractivity contribution in [1.29, 1.82) is 0 Å². The van der Waals surface area contributed by atoms with Crippen molar-refractivity contribution < 1.29 is 9.90 Å². The van der Waals surface area contributed by atoms with E-state index < -0.39 is 5.97 Å². The summed E-state index contributed by atoms with van der Waals surface area (Å²) in [6.07, 6.45) is 0. The van der Waals surface area contributed by atoms with E-state index in [9.17, 15) is 4.79 Å². The molecule has 106 valence electrons. The molecule has 0 saturated carbocycles. The Labute approximate surface area is 130 Å². The Bertz CT molecular complexity index is 845. The second-order valence-electron chi connectivity index (χ2n) is 4.61. The first-order chi connectivity index (χ1) is 10.0. The minimum atomic E-state index is -1.05. The number of aromatic nitrogens is 1. The van der Waals surface area contributed by atoms with Crippen LogP contribution in [0.5, 0.6) is 0 Å². The van der Waals surface area contributed by atoms with Gasteiger partial charge in [0.2, 0.25) is 0 Å². The van der Waals surface area contributed by atoms with E-state index >= 15 is 0 Å². The van der Waals surface area contributed by atoms with Crippen LogP contribution in [0.1, 0.15) is 15.9 Å². The number of carbonyl (C=O) groups is 1. The van der Waals surface area contributed by atoms with Crippen LogP contribution in [0, 0.1) is 6.92 Å². The monoisotopic (exact) mass is 318 g/mol. The van der Waals surface area contributed by atoms with Gasteiger partial charge in [0.25, 0.3) is 0 Å². The number of anilines is 2. The van der Waals surface area contributed by atoms with Gasteiger partial charge in [-0.25, -0.2) is 9.78 Å². The maximum atomic E-state index is 11.1. The highest BCUT2D eigenvalue weighted by Crippen LogP contribution is 2.30. The smallest absolute Gasteiger partial charge is 0.337 e. The van der Waals surface area contributed by atoms with Crippen molar-refractivity contribution in [2.75, 3.05) is 5.32 Å². The predicted molar refractivity (Wildman–Crippen MR) is 86.1 cm³/mol. The Morgan fingerprint density at radius 3 is 2.86 bits per heavy atom. The number of aryl methyl sites for hydroxylation is 1. The number of aromatic carboxylic acids is 1. The zero-order valence-electron chi connectivity index (χ0n) is 11.1. The van der Waals surface area contributed by atoms with Gasteiger partial charge in [0.15, 0.2) is 5.13 Å². The Kier molecular flexibility index (Phi) is 3.53. The van der Waals surface area contributed by atoms with Gasteiger partial charge in [-0.1, -0.05) is 29.0 Å². The number of rotatable bonds is 3. The maximum Gasteiger partial charge on any atom is 0.337 e.